The highest BCUT2D eigenvalue weighted by molar-refractivity contribution is 5.70. The molecule has 0 saturated heterocycles. The minimum atomic E-state index is -0.672. The van der Waals surface area contributed by atoms with E-state index in [1.807, 2.05) is 18.2 Å². The fourth-order valence-electron chi connectivity index (χ4n) is 5.43. The average molecular weight is 537 g/mol. The van der Waals surface area contributed by atoms with Crippen molar-refractivity contribution in [1.82, 2.24) is 9.47 Å². The largest absolute Gasteiger partial charge is 0.494 e. The Morgan fingerprint density at radius 3 is 2.28 bits per heavy atom. The molecule has 1 aliphatic rings. The van der Waals surface area contributed by atoms with E-state index in [-0.39, 0.29) is 30.3 Å². The van der Waals surface area contributed by atoms with Crippen LogP contribution < -0.4 is 9.47 Å². The smallest absolute Gasteiger partial charge is 0.306 e. The van der Waals surface area contributed by atoms with Crippen LogP contribution in [0.5, 0.6) is 23.3 Å². The van der Waals surface area contributed by atoms with E-state index in [0.29, 0.717) is 24.0 Å². The summed E-state index contributed by atoms with van der Waals surface area (Å²) in [4.78, 5) is 13.9. The van der Waals surface area contributed by atoms with Crippen molar-refractivity contribution in [3.8, 4) is 23.3 Å². The van der Waals surface area contributed by atoms with Crippen LogP contribution in [0.2, 0.25) is 0 Å². The fourth-order valence-corrected chi connectivity index (χ4v) is 5.43. The van der Waals surface area contributed by atoms with Crippen molar-refractivity contribution in [1.29, 1.82) is 0 Å². The van der Waals surface area contributed by atoms with Gasteiger partial charge in [0.15, 0.2) is 23.3 Å². The Balaban J connectivity index is 1.46. The van der Waals surface area contributed by atoms with Crippen LogP contribution in [0.1, 0.15) is 55.3 Å². The number of aromatic hydroxyl groups is 2. The summed E-state index contributed by atoms with van der Waals surface area (Å²) in [5.74, 6) is 0.756. The molecule has 1 atom stereocenters. The van der Waals surface area contributed by atoms with Gasteiger partial charge < -0.3 is 24.8 Å². The van der Waals surface area contributed by atoms with Crippen LogP contribution in [-0.4, -0.2) is 51.0 Å². The Hall–Kier alpha value is -3.65. The highest BCUT2D eigenvalue weighted by Crippen LogP contribution is 2.34. The normalized spacial score (nSPS) is 18.2. The predicted octanol–water partition coefficient (Wildman–Crippen LogP) is 5.75. The van der Waals surface area contributed by atoms with Crippen molar-refractivity contribution >= 4 is 5.97 Å². The molecule has 0 spiro atoms. The van der Waals surface area contributed by atoms with Crippen molar-refractivity contribution in [3.05, 3.63) is 71.3 Å². The maximum Gasteiger partial charge on any atom is 0.306 e. The number of rotatable bonds is 12. The number of hydrogen-bond donors (Lipinski definition) is 3. The van der Waals surface area contributed by atoms with E-state index in [2.05, 4.69) is 43.0 Å². The number of carboxylic acid groups (broad SMARTS) is 1. The number of benzene rings is 2. The lowest BCUT2D eigenvalue weighted by molar-refractivity contribution is -0.143. The number of aromatic nitrogens is 1. The summed E-state index contributed by atoms with van der Waals surface area (Å²) in [5.41, 5.74) is 3.58. The molecule has 4 rings (SSSR count). The third-order valence-electron chi connectivity index (χ3n) is 7.92. The fraction of sp³-hybridized carbons (Fsp3) is 0.452. The Morgan fingerprint density at radius 1 is 1.00 bits per heavy atom. The quantitative estimate of drug-likeness (QED) is 0.271. The van der Waals surface area contributed by atoms with E-state index >= 15 is 0 Å². The van der Waals surface area contributed by atoms with Crippen LogP contribution >= 0.6 is 0 Å². The van der Waals surface area contributed by atoms with E-state index in [0.717, 1.165) is 44.3 Å². The average Bonchev–Trinajstić information content (AvgIpc) is 3.26. The second-order valence-electron chi connectivity index (χ2n) is 10.6. The third-order valence-corrected chi connectivity index (χ3v) is 7.92. The molecule has 1 heterocycles. The van der Waals surface area contributed by atoms with Crippen LogP contribution in [0.4, 0.5) is 0 Å². The zero-order valence-electron chi connectivity index (χ0n) is 23.0. The predicted molar refractivity (Wildman–Crippen MR) is 149 cm³/mol. The number of carboxylic acids is 1. The van der Waals surface area contributed by atoms with Crippen LogP contribution in [0.3, 0.4) is 0 Å². The van der Waals surface area contributed by atoms with Gasteiger partial charge in [-0.2, -0.15) is 0 Å². The first kappa shape index (κ1) is 28.4. The number of aryl methyl sites for hydroxylation is 1. The molecule has 1 aliphatic carbocycles. The molecule has 0 bridgehead atoms. The number of aliphatic carboxylic acids is 1. The van der Waals surface area contributed by atoms with Crippen LogP contribution in [-0.2, 0) is 17.9 Å². The molecule has 8 nitrogen and oxygen atoms in total. The molecule has 1 unspecified atom stereocenters. The Kier molecular flexibility index (Phi) is 9.41. The number of methoxy groups -OCH3 is 1. The lowest BCUT2D eigenvalue weighted by Gasteiger charge is -2.35. The minimum Gasteiger partial charge on any atom is -0.494 e. The summed E-state index contributed by atoms with van der Waals surface area (Å²) >= 11 is 0. The van der Waals surface area contributed by atoms with Gasteiger partial charge in [0.25, 0.3) is 0 Å². The maximum atomic E-state index is 11.4. The van der Waals surface area contributed by atoms with Crippen molar-refractivity contribution in [2.24, 2.45) is 11.8 Å². The second-order valence-corrected chi connectivity index (χ2v) is 10.6. The van der Waals surface area contributed by atoms with Crippen molar-refractivity contribution in [3.63, 3.8) is 0 Å². The molecule has 0 aliphatic heterocycles. The van der Waals surface area contributed by atoms with Crippen molar-refractivity contribution in [2.75, 3.05) is 20.3 Å². The highest BCUT2D eigenvalue weighted by atomic mass is 16.5. The monoisotopic (exact) mass is 536 g/mol. The molecule has 1 aromatic heterocycles. The van der Waals surface area contributed by atoms with Gasteiger partial charge in [-0.3, -0.25) is 14.3 Å². The maximum absolute atomic E-state index is 11.4. The molecular weight excluding hydrogens is 496 g/mol. The number of carbonyl (C=O) groups is 1. The first-order chi connectivity index (χ1) is 18.7. The SMILES string of the molecule is COc1cc(CN(CC2CCC(C(=O)O)CC2)C(C)c2ccc(C)cc2)ccc1OCCn1c(O)ccc1O. The Labute approximate surface area is 230 Å². The lowest BCUT2D eigenvalue weighted by atomic mass is 9.81. The second kappa shape index (κ2) is 12.9. The molecule has 2 aromatic carbocycles. The highest BCUT2D eigenvalue weighted by Gasteiger charge is 2.28. The lowest BCUT2D eigenvalue weighted by Crippen LogP contribution is -2.34. The summed E-state index contributed by atoms with van der Waals surface area (Å²) in [5, 5.41) is 29.1. The van der Waals surface area contributed by atoms with Crippen LogP contribution in [0.25, 0.3) is 0 Å². The minimum absolute atomic E-state index is 0.0161. The first-order valence-electron chi connectivity index (χ1n) is 13.7. The molecular formula is C31H40N2O6. The van der Waals surface area contributed by atoms with Gasteiger partial charge in [-0.25, -0.2) is 0 Å². The molecule has 8 heteroatoms. The zero-order valence-corrected chi connectivity index (χ0v) is 23.0. The molecule has 1 fully saturated rings. The molecule has 210 valence electrons. The van der Waals surface area contributed by atoms with Crippen LogP contribution in [0, 0.1) is 18.8 Å². The van der Waals surface area contributed by atoms with E-state index in [1.54, 1.807) is 7.11 Å². The zero-order chi connectivity index (χ0) is 27.9. The van der Waals surface area contributed by atoms with E-state index in [9.17, 15) is 20.1 Å². The van der Waals surface area contributed by atoms with Crippen LogP contribution in [0.15, 0.2) is 54.6 Å². The first-order valence-corrected chi connectivity index (χ1v) is 13.7. The number of hydrogen-bond acceptors (Lipinski definition) is 6. The number of nitrogens with zero attached hydrogens (tertiary/aromatic N) is 2. The van der Waals surface area contributed by atoms with Crippen molar-refractivity contribution in [2.45, 2.75) is 58.7 Å². The molecule has 1 saturated carbocycles. The molecule has 39 heavy (non-hydrogen) atoms. The van der Waals surface area contributed by atoms with Gasteiger partial charge in [-0.05, 0) is 68.7 Å². The summed E-state index contributed by atoms with van der Waals surface area (Å²) < 4.78 is 12.9. The van der Waals surface area contributed by atoms with Gasteiger partial charge in [-0.1, -0.05) is 35.9 Å². The summed E-state index contributed by atoms with van der Waals surface area (Å²) in [6.45, 7) is 6.48. The molecule has 0 amide bonds. The summed E-state index contributed by atoms with van der Waals surface area (Å²) in [7, 11) is 1.61. The van der Waals surface area contributed by atoms with Gasteiger partial charge in [-0.15, -0.1) is 0 Å². The Bertz CT molecular complexity index is 1210. The van der Waals surface area contributed by atoms with Gasteiger partial charge in [0, 0.05) is 31.3 Å². The van der Waals surface area contributed by atoms with E-state index in [4.69, 9.17) is 9.47 Å². The van der Waals surface area contributed by atoms with Crippen molar-refractivity contribution < 1.29 is 29.6 Å². The summed E-state index contributed by atoms with van der Waals surface area (Å²) in [6.07, 6.45) is 3.34. The molecule has 3 N–H and O–H groups in total. The molecule has 0 radical (unpaired) electrons. The van der Waals surface area contributed by atoms with Gasteiger partial charge in [0.2, 0.25) is 0 Å². The van der Waals surface area contributed by atoms with E-state index in [1.165, 1.54) is 27.8 Å². The Morgan fingerprint density at radius 2 is 1.67 bits per heavy atom. The van der Waals surface area contributed by atoms with Gasteiger partial charge >= 0.3 is 5.97 Å². The number of ether oxygens (including phenoxy) is 2. The van der Waals surface area contributed by atoms with Gasteiger partial charge in [0.05, 0.1) is 19.6 Å². The summed E-state index contributed by atoms with van der Waals surface area (Å²) in [6, 6.07) is 17.7. The van der Waals surface area contributed by atoms with Gasteiger partial charge in [0.1, 0.15) is 6.61 Å². The standard InChI is InChI=1S/C31H40N2O6/c1-21-4-9-25(10-5-21)22(2)32(19-23-6-11-26(12-7-23)31(36)37)20-24-8-13-27(28(18-24)38-3)39-17-16-33-29(34)14-15-30(33)35/h4-5,8-10,13-15,18,22-23,26,34-35H,6-7,11-12,16-17,19-20H2,1-3H3,(H,36,37). The van der Waals surface area contributed by atoms with E-state index < -0.39 is 5.97 Å². The topological polar surface area (TPSA) is 104 Å². The molecule has 3 aromatic rings. The third kappa shape index (κ3) is 7.26.